The molecule has 0 radical (unpaired) electrons. The summed E-state index contributed by atoms with van der Waals surface area (Å²) in [6.07, 6.45) is -13.2. The fourth-order valence-corrected chi connectivity index (χ4v) is 3.68. The first kappa shape index (κ1) is 33.4. The Morgan fingerprint density at radius 1 is 0.872 bits per heavy atom. The third-order valence-electron chi connectivity index (χ3n) is 6.61. The molecular weight excluding hydrogens is 642 g/mol. The summed E-state index contributed by atoms with van der Waals surface area (Å²) in [5, 5.41) is 14.6. The number of aliphatic hydroxyl groups excluding tert-OH is 1. The summed E-state index contributed by atoms with van der Waals surface area (Å²) in [5.74, 6) is -0.0633. The largest absolute Gasteiger partial charge is 0.477 e. The molecule has 17 heteroatoms. The molecule has 0 spiro atoms. The first-order valence-electron chi connectivity index (χ1n) is 16.5. The van der Waals surface area contributed by atoms with E-state index in [9.17, 15) is 40.7 Å². The maximum absolute atomic E-state index is 12.9. The predicted octanol–water partition coefficient (Wildman–Crippen LogP) is 7.23. The summed E-state index contributed by atoms with van der Waals surface area (Å²) in [4.78, 5) is 33.7. The molecule has 2 fully saturated rings. The van der Waals surface area contributed by atoms with Crippen molar-refractivity contribution in [1.82, 2.24) is 19.6 Å². The van der Waals surface area contributed by atoms with Crippen LogP contribution in [0.4, 0.5) is 35.9 Å². The quantitative estimate of drug-likeness (QED) is 0.277. The molecule has 0 aromatic carbocycles. The molecule has 47 heavy (non-hydrogen) atoms. The van der Waals surface area contributed by atoms with Crippen LogP contribution in [0.2, 0.25) is 0 Å². The zero-order valence-electron chi connectivity index (χ0n) is 31.0. The number of nitrogens with one attached hydrogen (secondary N) is 1. The zero-order chi connectivity index (χ0) is 39.5. The van der Waals surface area contributed by atoms with Crippen molar-refractivity contribution in [3.05, 3.63) is 34.9 Å². The van der Waals surface area contributed by atoms with E-state index in [1.807, 2.05) is 0 Å². The van der Waals surface area contributed by atoms with Gasteiger partial charge in [-0.05, 0) is 92.8 Å². The summed E-state index contributed by atoms with van der Waals surface area (Å²) in [6.45, 7) is 8.89. The van der Waals surface area contributed by atoms with Crippen LogP contribution in [0.3, 0.4) is 0 Å². The fourth-order valence-electron chi connectivity index (χ4n) is 3.68. The van der Waals surface area contributed by atoms with Gasteiger partial charge in [-0.3, -0.25) is 9.89 Å². The molecule has 11 nitrogen and oxygen atoms in total. The number of hydrogen-bond acceptors (Lipinski definition) is 8. The minimum atomic E-state index is -4.42. The van der Waals surface area contributed by atoms with Gasteiger partial charge < -0.3 is 19.3 Å². The number of nitrogens with zero attached hydrogens (tertiary/aromatic N) is 3. The molecule has 2 aliphatic rings. The van der Waals surface area contributed by atoms with Gasteiger partial charge in [-0.1, -0.05) is 0 Å². The minimum absolute atomic E-state index is 0.0178. The number of halogens is 6. The van der Waals surface area contributed by atoms with Crippen molar-refractivity contribution in [2.45, 2.75) is 116 Å². The number of hydrogen-bond donors (Lipinski definition) is 2. The molecule has 2 N–H and O–H groups in total. The summed E-state index contributed by atoms with van der Waals surface area (Å²) >= 11 is 0. The topological polar surface area (TPSA) is 138 Å². The van der Waals surface area contributed by atoms with Crippen molar-refractivity contribution in [3.8, 4) is 5.88 Å². The summed E-state index contributed by atoms with van der Waals surface area (Å²) in [6, 6.07) is 2.57. The number of H-pyrrole nitrogens is 1. The Morgan fingerprint density at radius 2 is 1.36 bits per heavy atom. The lowest BCUT2D eigenvalue weighted by Crippen LogP contribution is -2.28. The van der Waals surface area contributed by atoms with Crippen LogP contribution in [0.1, 0.15) is 98.3 Å². The van der Waals surface area contributed by atoms with Gasteiger partial charge in [0.2, 0.25) is 5.88 Å². The van der Waals surface area contributed by atoms with E-state index >= 15 is 0 Å². The van der Waals surface area contributed by atoms with Crippen molar-refractivity contribution in [2.24, 2.45) is 10.8 Å². The first-order chi connectivity index (χ1) is 22.8. The monoisotopic (exact) mass is 690 g/mol. The van der Waals surface area contributed by atoms with Gasteiger partial charge in [0.25, 0.3) is 5.56 Å². The highest BCUT2D eigenvalue weighted by Crippen LogP contribution is 2.61. The number of carbonyl (C=O) groups is 2. The van der Waals surface area contributed by atoms with Crippen LogP contribution < -0.4 is 10.3 Å². The van der Waals surface area contributed by atoms with Crippen LogP contribution in [0, 0.1) is 10.8 Å². The van der Waals surface area contributed by atoms with Gasteiger partial charge in [0.1, 0.15) is 11.2 Å². The van der Waals surface area contributed by atoms with Crippen LogP contribution in [0.25, 0.3) is 0 Å². The molecule has 0 unspecified atom stereocenters. The minimum Gasteiger partial charge on any atom is -0.477 e. The Kier molecular flexibility index (Phi) is 10.8. The van der Waals surface area contributed by atoms with Crippen LogP contribution in [0.5, 0.6) is 5.88 Å². The lowest BCUT2D eigenvalue weighted by atomic mass is 10.0. The number of ether oxygens (including phenoxy) is 3. The Balaban J connectivity index is 0.000000292. The van der Waals surface area contributed by atoms with Crippen LogP contribution in [0.15, 0.2) is 29.3 Å². The average molecular weight is 691 g/mol. The highest BCUT2D eigenvalue weighted by molar-refractivity contribution is 5.70. The number of rotatable bonds is 8. The molecule has 2 heterocycles. The van der Waals surface area contributed by atoms with Gasteiger partial charge in [0, 0.05) is 36.6 Å². The van der Waals surface area contributed by atoms with Gasteiger partial charge in [-0.2, -0.15) is 35.7 Å². The lowest BCUT2D eigenvalue weighted by molar-refractivity contribution is -0.190. The average Bonchev–Trinajstić information content (AvgIpc) is 3.79. The Labute approximate surface area is 274 Å². The molecule has 0 amide bonds. The molecule has 0 aliphatic heterocycles. The maximum atomic E-state index is 12.9. The maximum Gasteiger partial charge on any atom is 0.435 e. The highest BCUT2D eigenvalue weighted by Gasteiger charge is 2.62. The van der Waals surface area contributed by atoms with Gasteiger partial charge in [0.05, 0.1) is 17.4 Å². The van der Waals surface area contributed by atoms with Gasteiger partial charge in [-0.15, -0.1) is 5.10 Å². The molecule has 2 saturated carbocycles. The SMILES string of the molecule is CC(C)(C)OC(=O)n1ccc(=O)[nH]1.[2H]C([2H])(CO)CC1(C(F)(F)F)CC1.[2H]C([2H])(COc1ccn(C(=O)OC(C)(C)C)n1)CC1(C(F)(F)F)CC1. The van der Waals surface area contributed by atoms with Gasteiger partial charge >= 0.3 is 24.5 Å². The molecule has 0 saturated heterocycles. The van der Waals surface area contributed by atoms with Crippen molar-refractivity contribution in [3.63, 3.8) is 0 Å². The Morgan fingerprint density at radius 3 is 1.77 bits per heavy atom. The molecule has 2 aliphatic carbocycles. The molecular formula is C30H44F6N4O7. The van der Waals surface area contributed by atoms with Gasteiger partial charge in [0.15, 0.2) is 0 Å². The van der Waals surface area contributed by atoms with E-state index < -0.39 is 85.4 Å². The third-order valence-corrected chi connectivity index (χ3v) is 6.61. The summed E-state index contributed by atoms with van der Waals surface area (Å²) in [7, 11) is 0. The number of alkyl halides is 6. The molecule has 2 aromatic heterocycles. The smallest absolute Gasteiger partial charge is 0.435 e. The van der Waals surface area contributed by atoms with Crippen LogP contribution in [-0.4, -0.2) is 73.6 Å². The van der Waals surface area contributed by atoms with E-state index in [2.05, 4.69) is 10.2 Å². The lowest BCUT2D eigenvalue weighted by Gasteiger charge is -2.19. The number of aliphatic hydroxyl groups is 1. The first-order valence-corrected chi connectivity index (χ1v) is 14.5. The van der Waals surface area contributed by atoms with Crippen molar-refractivity contribution in [1.29, 1.82) is 0 Å². The molecule has 2 aromatic rings. The Hall–Kier alpha value is -3.50. The van der Waals surface area contributed by atoms with E-state index in [-0.39, 0.29) is 37.1 Å². The number of aromatic amines is 1. The molecule has 268 valence electrons. The highest BCUT2D eigenvalue weighted by atomic mass is 19.4. The van der Waals surface area contributed by atoms with Crippen LogP contribution in [-0.2, 0) is 9.47 Å². The zero-order valence-corrected chi connectivity index (χ0v) is 27.0. The van der Waals surface area contributed by atoms with Crippen molar-refractivity contribution < 1.29 is 60.7 Å². The third kappa shape index (κ3) is 12.9. The normalized spacial score (nSPS) is 18.4. The van der Waals surface area contributed by atoms with E-state index in [1.165, 1.54) is 24.5 Å². The van der Waals surface area contributed by atoms with Gasteiger partial charge in [-0.25, -0.2) is 9.59 Å². The number of aromatic nitrogens is 4. The molecule has 0 atom stereocenters. The molecule has 0 bridgehead atoms. The van der Waals surface area contributed by atoms with Crippen molar-refractivity contribution in [2.75, 3.05) is 13.2 Å². The summed E-state index contributed by atoms with van der Waals surface area (Å²) < 4.78 is 123. The van der Waals surface area contributed by atoms with E-state index in [1.54, 1.807) is 41.5 Å². The second-order valence-corrected chi connectivity index (χ2v) is 13.1. The summed E-state index contributed by atoms with van der Waals surface area (Å²) in [5.41, 5.74) is -5.41. The second kappa shape index (κ2) is 15.2. The number of carbonyl (C=O) groups excluding carboxylic acids is 2. The van der Waals surface area contributed by atoms with Crippen molar-refractivity contribution >= 4 is 12.2 Å². The second-order valence-electron chi connectivity index (χ2n) is 13.1. The van der Waals surface area contributed by atoms with E-state index in [0.29, 0.717) is 0 Å². The Bertz CT molecular complexity index is 1530. The van der Waals surface area contributed by atoms with E-state index in [4.69, 9.17) is 24.8 Å². The fraction of sp³-hybridized carbons (Fsp3) is 0.733. The standard InChI is InChI=1S/C15H21F3N2O3.C8H12N2O3.C7H11F3O/c1-13(2,3)23-12(21)20-9-5-11(19-20)22-10-4-6-14(7-8-14)15(16,17)18;1-8(2,3)13-7(12)10-5-4-6(11)9-10;8-7(9,10)6(3-4-6)2-1-5-11/h5,9H,4,6-8,10H2,1-3H3;4-5H,1-3H3,(H,9,11);11H,1-5H2/i4D2;;1D2. The van der Waals surface area contributed by atoms with E-state index in [0.717, 1.165) is 9.36 Å². The predicted molar refractivity (Wildman–Crippen MR) is 157 cm³/mol. The van der Waals surface area contributed by atoms with Crippen LogP contribution >= 0.6 is 0 Å². The molecule has 4 rings (SSSR count).